The standard InChI is InChI=1S/C4H5BF3N2O2/c6-5(7,8)2-10-3(11)1-9-4(10)12/h1-2H2,(H,9,12)/q-1. The van der Waals surface area contributed by atoms with Gasteiger partial charge in [-0.2, -0.15) is 0 Å². The molecule has 1 aliphatic rings. The Balaban J connectivity index is 2.62. The van der Waals surface area contributed by atoms with Crippen molar-refractivity contribution in [2.24, 2.45) is 0 Å². The van der Waals surface area contributed by atoms with Gasteiger partial charge in [0.05, 0.1) is 6.54 Å². The summed E-state index contributed by atoms with van der Waals surface area (Å²) in [4.78, 5) is 21.3. The average Bonchev–Trinajstić information content (AvgIpc) is 2.16. The number of hydrogen-bond acceptors (Lipinski definition) is 2. The molecule has 0 bridgehead atoms. The van der Waals surface area contributed by atoms with Crippen molar-refractivity contribution < 1.29 is 22.5 Å². The number of imide groups is 1. The van der Waals surface area contributed by atoms with Gasteiger partial charge in [-0.1, -0.05) is 0 Å². The van der Waals surface area contributed by atoms with Crippen LogP contribution in [0, 0.1) is 0 Å². The molecule has 0 aromatic rings. The van der Waals surface area contributed by atoms with Crippen molar-refractivity contribution in [2.75, 3.05) is 13.0 Å². The molecule has 12 heavy (non-hydrogen) atoms. The van der Waals surface area contributed by atoms with Gasteiger partial charge in [-0.25, -0.2) is 4.79 Å². The number of hydrogen-bond donors (Lipinski definition) is 1. The van der Waals surface area contributed by atoms with E-state index < -0.39 is 25.4 Å². The average molecular weight is 181 g/mol. The molecule has 1 rings (SSSR count). The highest BCUT2D eigenvalue weighted by atomic mass is 19.4. The highest BCUT2D eigenvalue weighted by molar-refractivity contribution is 6.59. The maximum atomic E-state index is 11.7. The number of nitrogens with one attached hydrogen (secondary N) is 1. The largest absolute Gasteiger partial charge is 0.497 e. The van der Waals surface area contributed by atoms with E-state index in [2.05, 4.69) is 0 Å². The number of amides is 3. The van der Waals surface area contributed by atoms with Crippen LogP contribution in [0.2, 0.25) is 0 Å². The third kappa shape index (κ3) is 1.89. The second kappa shape index (κ2) is 2.69. The zero-order valence-electron chi connectivity index (χ0n) is 5.89. The Morgan fingerprint density at radius 2 is 2.00 bits per heavy atom. The first kappa shape index (κ1) is 8.89. The molecule has 0 spiro atoms. The van der Waals surface area contributed by atoms with Gasteiger partial charge in [0.2, 0.25) is 5.91 Å². The Morgan fingerprint density at radius 1 is 1.42 bits per heavy atom. The molecule has 1 heterocycles. The summed E-state index contributed by atoms with van der Waals surface area (Å²) in [6, 6.07) is -0.973. The van der Waals surface area contributed by atoms with Crippen LogP contribution in [0.4, 0.5) is 17.7 Å². The molecule has 3 amide bonds. The first-order chi connectivity index (χ1) is 5.40. The van der Waals surface area contributed by atoms with E-state index in [0.717, 1.165) is 0 Å². The van der Waals surface area contributed by atoms with E-state index in [4.69, 9.17) is 0 Å². The fourth-order valence-corrected chi connectivity index (χ4v) is 0.847. The third-order valence-corrected chi connectivity index (χ3v) is 1.33. The molecular formula is C4H5BF3N2O2-. The van der Waals surface area contributed by atoms with E-state index in [1.54, 1.807) is 0 Å². The highest BCUT2D eigenvalue weighted by Crippen LogP contribution is 2.12. The predicted molar refractivity (Wildman–Crippen MR) is 34.2 cm³/mol. The van der Waals surface area contributed by atoms with Crippen molar-refractivity contribution in [3.05, 3.63) is 0 Å². The Labute approximate surface area is 65.8 Å². The van der Waals surface area contributed by atoms with Crippen LogP contribution in [0.25, 0.3) is 0 Å². The van der Waals surface area contributed by atoms with E-state index in [9.17, 15) is 22.5 Å². The molecule has 4 nitrogen and oxygen atoms in total. The van der Waals surface area contributed by atoms with Crippen LogP contribution < -0.4 is 5.32 Å². The zero-order chi connectivity index (χ0) is 9.35. The topological polar surface area (TPSA) is 49.4 Å². The minimum atomic E-state index is -5.13. The molecule has 1 saturated heterocycles. The highest BCUT2D eigenvalue weighted by Gasteiger charge is 2.35. The van der Waals surface area contributed by atoms with Gasteiger partial charge in [0.15, 0.2) is 0 Å². The maximum Gasteiger partial charge on any atom is 0.497 e. The van der Waals surface area contributed by atoms with Crippen LogP contribution in [0.5, 0.6) is 0 Å². The smallest absolute Gasteiger partial charge is 0.448 e. The molecule has 8 heteroatoms. The quantitative estimate of drug-likeness (QED) is 0.478. The molecule has 68 valence electrons. The first-order valence-electron chi connectivity index (χ1n) is 3.19. The molecule has 0 aromatic heterocycles. The fraction of sp³-hybridized carbons (Fsp3) is 0.500. The molecule has 1 aliphatic heterocycles. The van der Waals surface area contributed by atoms with Gasteiger partial charge in [-0.05, 0) is 0 Å². The number of carbonyl (C=O) groups excluding carboxylic acids is 2. The summed E-state index contributed by atoms with van der Waals surface area (Å²) in [6.45, 7) is -5.47. The second-order valence-electron chi connectivity index (χ2n) is 2.37. The van der Waals surface area contributed by atoms with Crippen LogP contribution in [-0.2, 0) is 4.79 Å². The van der Waals surface area contributed by atoms with Crippen molar-refractivity contribution in [2.45, 2.75) is 0 Å². The number of urea groups is 1. The number of nitrogens with zero attached hydrogens (tertiary/aromatic N) is 1. The summed E-state index contributed by atoms with van der Waals surface area (Å²) in [6.07, 6.45) is -1.45. The van der Waals surface area contributed by atoms with E-state index in [0.29, 0.717) is 0 Å². The van der Waals surface area contributed by atoms with Gasteiger partial charge in [0.25, 0.3) is 0 Å². The van der Waals surface area contributed by atoms with Crippen LogP contribution in [0.15, 0.2) is 0 Å². The van der Waals surface area contributed by atoms with E-state index in [1.165, 1.54) is 0 Å². The SMILES string of the molecule is O=C1CNC(=O)N1C[B-](F)(F)F. The molecule has 0 radical (unpaired) electrons. The molecule has 0 atom stereocenters. The predicted octanol–water partition coefficient (Wildman–Crippen LogP) is -0.0752. The lowest BCUT2D eigenvalue weighted by atomic mass is 9.91. The lowest BCUT2D eigenvalue weighted by molar-refractivity contribution is -0.124. The Hall–Kier alpha value is -1.21. The van der Waals surface area contributed by atoms with E-state index in [-0.39, 0.29) is 11.4 Å². The van der Waals surface area contributed by atoms with Crippen LogP contribution in [0.1, 0.15) is 0 Å². The molecule has 1 fully saturated rings. The Bertz CT molecular complexity index is 213. The summed E-state index contributed by atoms with van der Waals surface area (Å²) in [7, 11) is 0. The third-order valence-electron chi connectivity index (χ3n) is 1.33. The summed E-state index contributed by atoms with van der Waals surface area (Å²) in [5, 5.41) is 1.99. The monoisotopic (exact) mass is 181 g/mol. The first-order valence-corrected chi connectivity index (χ1v) is 3.19. The maximum absolute atomic E-state index is 11.7. The summed E-state index contributed by atoms with van der Waals surface area (Å²) >= 11 is 0. The van der Waals surface area contributed by atoms with Crippen molar-refractivity contribution in [1.82, 2.24) is 10.2 Å². The molecule has 1 N–H and O–H groups in total. The van der Waals surface area contributed by atoms with Crippen molar-refractivity contribution >= 4 is 18.9 Å². The number of rotatable bonds is 2. The lowest BCUT2D eigenvalue weighted by Crippen LogP contribution is -2.42. The van der Waals surface area contributed by atoms with Crippen molar-refractivity contribution in [3.63, 3.8) is 0 Å². The van der Waals surface area contributed by atoms with Crippen LogP contribution in [-0.4, -0.2) is 36.8 Å². The van der Waals surface area contributed by atoms with Crippen molar-refractivity contribution in [3.8, 4) is 0 Å². The van der Waals surface area contributed by atoms with Crippen LogP contribution in [0.3, 0.4) is 0 Å². The molecule has 0 unspecified atom stereocenters. The molecule has 0 aliphatic carbocycles. The van der Waals surface area contributed by atoms with Gasteiger partial charge in [-0.3, -0.25) is 9.69 Å². The molecular weight excluding hydrogens is 176 g/mol. The zero-order valence-corrected chi connectivity index (χ0v) is 5.89. The van der Waals surface area contributed by atoms with Gasteiger partial charge >= 0.3 is 13.0 Å². The summed E-state index contributed by atoms with van der Waals surface area (Å²) in [5.41, 5.74) is 0. The molecule has 0 aromatic carbocycles. The van der Waals surface area contributed by atoms with Gasteiger partial charge in [0, 0.05) is 6.44 Å². The number of halogens is 3. The minimum absolute atomic E-state index is 0.167. The van der Waals surface area contributed by atoms with Crippen LogP contribution >= 0.6 is 0 Å². The minimum Gasteiger partial charge on any atom is -0.448 e. The van der Waals surface area contributed by atoms with Gasteiger partial charge in [-0.15, -0.1) is 0 Å². The summed E-state index contributed by atoms with van der Waals surface area (Å²) < 4.78 is 35.2. The Kier molecular flexibility index (Phi) is 1.99. The second-order valence-corrected chi connectivity index (χ2v) is 2.37. The van der Waals surface area contributed by atoms with E-state index in [1.807, 2.05) is 5.32 Å². The Morgan fingerprint density at radius 3 is 2.33 bits per heavy atom. The van der Waals surface area contributed by atoms with Crippen molar-refractivity contribution in [1.29, 1.82) is 0 Å². The van der Waals surface area contributed by atoms with E-state index >= 15 is 0 Å². The summed E-state index contributed by atoms with van der Waals surface area (Å²) in [5.74, 6) is -0.834. The van der Waals surface area contributed by atoms with Gasteiger partial charge in [0.1, 0.15) is 0 Å². The lowest BCUT2D eigenvalue weighted by Gasteiger charge is -2.20. The normalized spacial score (nSPS) is 18.4. The van der Waals surface area contributed by atoms with Gasteiger partial charge < -0.3 is 18.3 Å². The number of carbonyl (C=O) groups is 2. The molecule has 0 saturated carbocycles. The fourth-order valence-electron chi connectivity index (χ4n) is 0.847.